The van der Waals surface area contributed by atoms with E-state index in [1.54, 1.807) is 13.8 Å². The normalized spacial score (nSPS) is 12.3. The lowest BCUT2D eigenvalue weighted by atomic mass is 10.4. The van der Waals surface area contributed by atoms with E-state index in [1.165, 1.54) is 22.2 Å². The van der Waals surface area contributed by atoms with E-state index in [0.29, 0.717) is 0 Å². The number of nitrogens with one attached hydrogen (secondary N) is 1. The van der Waals surface area contributed by atoms with E-state index in [9.17, 15) is 13.2 Å². The average Bonchev–Trinajstić information content (AvgIpc) is 2.76. The van der Waals surface area contributed by atoms with Crippen LogP contribution in [-0.2, 0) is 16.8 Å². The third-order valence-electron chi connectivity index (χ3n) is 2.49. The average molecular weight is 291 g/mol. The molecule has 10 heteroatoms. The fourth-order valence-electron chi connectivity index (χ4n) is 1.17. The number of aromatic nitrogens is 3. The van der Waals surface area contributed by atoms with Crippen LogP contribution in [-0.4, -0.2) is 58.4 Å². The molecule has 1 heterocycles. The summed E-state index contributed by atoms with van der Waals surface area (Å²) in [4.78, 5) is 10.6. The summed E-state index contributed by atoms with van der Waals surface area (Å²) in [6.45, 7) is 3.82. The standard InChI is InChI=1S/C9H17N5O4S/c1-7(2)13(3)19(17,18)10-4-5-14-6-8(9(15)16)11-12-14/h6-7,10H,4-5H2,1-3H3,(H,15,16). The molecule has 0 radical (unpaired) electrons. The van der Waals surface area contributed by atoms with Gasteiger partial charge in [-0.2, -0.15) is 12.7 Å². The molecule has 1 rings (SSSR count). The first-order valence-corrected chi connectivity index (χ1v) is 7.04. The van der Waals surface area contributed by atoms with E-state index in [0.717, 1.165) is 0 Å². The Morgan fingerprint density at radius 1 is 1.58 bits per heavy atom. The van der Waals surface area contributed by atoms with Crippen molar-refractivity contribution in [3.05, 3.63) is 11.9 Å². The second-order valence-electron chi connectivity index (χ2n) is 4.18. The monoisotopic (exact) mass is 291 g/mol. The lowest BCUT2D eigenvalue weighted by Crippen LogP contribution is -2.42. The number of carboxylic acids is 1. The molecular formula is C9H17N5O4S. The van der Waals surface area contributed by atoms with Crippen molar-refractivity contribution in [1.82, 2.24) is 24.0 Å². The maximum Gasteiger partial charge on any atom is 0.358 e. The molecule has 0 unspecified atom stereocenters. The minimum Gasteiger partial charge on any atom is -0.476 e. The third-order valence-corrected chi connectivity index (χ3v) is 4.24. The van der Waals surface area contributed by atoms with Crippen LogP contribution in [0.1, 0.15) is 24.3 Å². The Hall–Kier alpha value is -1.52. The zero-order chi connectivity index (χ0) is 14.6. The van der Waals surface area contributed by atoms with E-state index in [4.69, 9.17) is 5.11 Å². The maximum atomic E-state index is 11.8. The third kappa shape index (κ3) is 4.26. The Morgan fingerprint density at radius 2 is 2.21 bits per heavy atom. The zero-order valence-corrected chi connectivity index (χ0v) is 11.8. The molecule has 0 fully saturated rings. The first-order valence-electron chi connectivity index (χ1n) is 5.60. The van der Waals surface area contributed by atoms with Gasteiger partial charge in [-0.05, 0) is 13.8 Å². The Bertz CT molecular complexity index is 539. The van der Waals surface area contributed by atoms with Gasteiger partial charge in [0.05, 0.1) is 12.7 Å². The van der Waals surface area contributed by atoms with Crippen molar-refractivity contribution in [1.29, 1.82) is 0 Å². The molecule has 19 heavy (non-hydrogen) atoms. The first kappa shape index (κ1) is 15.5. The van der Waals surface area contributed by atoms with Crippen LogP contribution < -0.4 is 4.72 Å². The molecule has 0 bridgehead atoms. The van der Waals surface area contributed by atoms with Gasteiger partial charge in [0.15, 0.2) is 5.69 Å². The van der Waals surface area contributed by atoms with Crippen molar-refractivity contribution >= 4 is 16.2 Å². The van der Waals surface area contributed by atoms with E-state index < -0.39 is 16.2 Å². The fourth-order valence-corrected chi connectivity index (χ4v) is 2.28. The van der Waals surface area contributed by atoms with Gasteiger partial charge in [-0.3, -0.25) is 4.68 Å². The SMILES string of the molecule is CC(C)N(C)S(=O)(=O)NCCn1cc(C(=O)O)nn1. The molecule has 0 spiro atoms. The molecule has 0 saturated carbocycles. The van der Waals surface area contributed by atoms with E-state index in [2.05, 4.69) is 15.0 Å². The van der Waals surface area contributed by atoms with Crippen molar-refractivity contribution in [3.63, 3.8) is 0 Å². The molecule has 0 saturated heterocycles. The minimum absolute atomic E-state index is 0.0990. The number of carbonyl (C=O) groups is 1. The van der Waals surface area contributed by atoms with Gasteiger partial charge in [0.1, 0.15) is 0 Å². The molecule has 0 aliphatic heterocycles. The van der Waals surface area contributed by atoms with Gasteiger partial charge in [-0.25, -0.2) is 9.52 Å². The molecule has 1 aromatic rings. The Kier molecular flexibility index (Phi) is 4.97. The van der Waals surface area contributed by atoms with E-state index in [1.807, 2.05) is 0 Å². The van der Waals surface area contributed by atoms with Gasteiger partial charge in [-0.1, -0.05) is 5.21 Å². The van der Waals surface area contributed by atoms with Crippen LogP contribution in [0.4, 0.5) is 0 Å². The predicted molar refractivity (Wildman–Crippen MR) is 66.8 cm³/mol. The van der Waals surface area contributed by atoms with Gasteiger partial charge >= 0.3 is 5.97 Å². The summed E-state index contributed by atoms with van der Waals surface area (Å²) >= 11 is 0. The predicted octanol–water partition coefficient (Wildman–Crippen LogP) is -0.849. The molecule has 1 aromatic heterocycles. The summed E-state index contributed by atoms with van der Waals surface area (Å²) < 4.78 is 28.4. The zero-order valence-electron chi connectivity index (χ0n) is 10.9. The van der Waals surface area contributed by atoms with Crippen molar-refractivity contribution < 1.29 is 18.3 Å². The molecule has 0 aliphatic rings. The fraction of sp³-hybridized carbons (Fsp3) is 0.667. The number of hydrogen-bond donors (Lipinski definition) is 2. The smallest absolute Gasteiger partial charge is 0.358 e. The van der Waals surface area contributed by atoms with Crippen molar-refractivity contribution in [2.24, 2.45) is 0 Å². The quantitative estimate of drug-likeness (QED) is 0.675. The second-order valence-corrected chi connectivity index (χ2v) is 6.00. The first-order chi connectivity index (χ1) is 8.74. The number of carboxylic acid groups (broad SMARTS) is 1. The van der Waals surface area contributed by atoms with Crippen molar-refractivity contribution in [2.75, 3.05) is 13.6 Å². The summed E-state index contributed by atoms with van der Waals surface area (Å²) in [5.74, 6) is -1.17. The van der Waals surface area contributed by atoms with E-state index >= 15 is 0 Å². The van der Waals surface area contributed by atoms with Crippen LogP contribution in [0.2, 0.25) is 0 Å². The second kappa shape index (κ2) is 6.08. The topological polar surface area (TPSA) is 117 Å². The molecule has 2 N–H and O–H groups in total. The Labute approximate surface area is 111 Å². The number of hydrogen-bond acceptors (Lipinski definition) is 5. The highest BCUT2D eigenvalue weighted by atomic mass is 32.2. The lowest BCUT2D eigenvalue weighted by molar-refractivity contribution is 0.0690. The van der Waals surface area contributed by atoms with Crippen LogP contribution in [0.3, 0.4) is 0 Å². The van der Waals surface area contributed by atoms with Gasteiger partial charge in [0.25, 0.3) is 10.2 Å². The molecule has 9 nitrogen and oxygen atoms in total. The maximum absolute atomic E-state index is 11.8. The molecule has 108 valence electrons. The summed E-state index contributed by atoms with van der Waals surface area (Å²) in [6.07, 6.45) is 1.24. The molecular weight excluding hydrogens is 274 g/mol. The molecule has 0 aliphatic carbocycles. The number of aromatic carboxylic acids is 1. The van der Waals surface area contributed by atoms with Crippen LogP contribution in [0.25, 0.3) is 0 Å². The van der Waals surface area contributed by atoms with E-state index in [-0.39, 0.29) is 24.8 Å². The van der Waals surface area contributed by atoms with Crippen molar-refractivity contribution in [2.45, 2.75) is 26.4 Å². The van der Waals surface area contributed by atoms with Gasteiger partial charge < -0.3 is 5.11 Å². The summed E-state index contributed by atoms with van der Waals surface area (Å²) in [5, 5.41) is 15.6. The Balaban J connectivity index is 2.52. The number of rotatable bonds is 7. The number of nitrogens with zero attached hydrogens (tertiary/aromatic N) is 4. The van der Waals surface area contributed by atoms with Crippen LogP contribution in [0, 0.1) is 0 Å². The molecule has 0 amide bonds. The molecule has 0 atom stereocenters. The Morgan fingerprint density at radius 3 is 2.68 bits per heavy atom. The minimum atomic E-state index is -3.53. The van der Waals surface area contributed by atoms with Gasteiger partial charge in [0, 0.05) is 19.6 Å². The van der Waals surface area contributed by atoms with Gasteiger partial charge in [0.2, 0.25) is 0 Å². The largest absolute Gasteiger partial charge is 0.476 e. The highest BCUT2D eigenvalue weighted by Gasteiger charge is 2.19. The summed E-state index contributed by atoms with van der Waals surface area (Å²) in [6, 6.07) is -0.150. The highest BCUT2D eigenvalue weighted by molar-refractivity contribution is 7.87. The van der Waals surface area contributed by atoms with Crippen LogP contribution in [0.5, 0.6) is 0 Å². The van der Waals surface area contributed by atoms with Gasteiger partial charge in [-0.15, -0.1) is 5.10 Å². The summed E-state index contributed by atoms with van der Waals surface area (Å²) in [5.41, 5.74) is -0.179. The lowest BCUT2D eigenvalue weighted by Gasteiger charge is -2.21. The van der Waals surface area contributed by atoms with Crippen molar-refractivity contribution in [3.8, 4) is 0 Å². The molecule has 0 aromatic carbocycles. The highest BCUT2D eigenvalue weighted by Crippen LogP contribution is 2.00. The summed E-state index contributed by atoms with van der Waals surface area (Å²) in [7, 11) is -2.06. The van der Waals surface area contributed by atoms with Crippen LogP contribution in [0.15, 0.2) is 6.20 Å². The van der Waals surface area contributed by atoms with Crippen LogP contribution >= 0.6 is 0 Å².